The van der Waals surface area contributed by atoms with Crippen molar-refractivity contribution in [2.75, 3.05) is 0 Å². The maximum absolute atomic E-state index is 12.7. The topological polar surface area (TPSA) is 71.8 Å². The van der Waals surface area contributed by atoms with Crippen LogP contribution in [0, 0.1) is 0 Å². The van der Waals surface area contributed by atoms with E-state index in [1.165, 1.54) is 5.69 Å². The molecule has 2 aliphatic rings. The second kappa shape index (κ2) is 6.20. The normalized spacial score (nSPS) is 22.1. The number of hydrogen-bond donors (Lipinski definition) is 2. The van der Waals surface area contributed by atoms with Crippen LogP contribution in [0.4, 0.5) is 4.79 Å². The van der Waals surface area contributed by atoms with Crippen molar-refractivity contribution in [2.45, 2.75) is 56.5 Å². The van der Waals surface area contributed by atoms with Gasteiger partial charge >= 0.3 is 6.03 Å². The number of hydrogen-bond acceptors (Lipinski definition) is 4. The van der Waals surface area contributed by atoms with Gasteiger partial charge in [0.1, 0.15) is 5.01 Å². The zero-order valence-corrected chi connectivity index (χ0v) is 14.7. The van der Waals surface area contributed by atoms with Crippen molar-refractivity contribution >= 4 is 17.4 Å². The number of carbonyl (C=O) groups is 1. The van der Waals surface area contributed by atoms with Crippen LogP contribution in [0.5, 0.6) is 0 Å². The smallest absolute Gasteiger partial charge is 0.316 e. The van der Waals surface area contributed by atoms with Crippen molar-refractivity contribution < 1.29 is 4.79 Å². The highest BCUT2D eigenvalue weighted by atomic mass is 32.1. The summed E-state index contributed by atoms with van der Waals surface area (Å²) in [6.45, 7) is 0. The minimum atomic E-state index is -0.287. The molecule has 2 aromatic heterocycles. The van der Waals surface area contributed by atoms with Crippen LogP contribution < -0.4 is 10.6 Å². The molecule has 0 bridgehead atoms. The van der Waals surface area contributed by atoms with Crippen LogP contribution in [0.15, 0.2) is 17.8 Å². The fourth-order valence-electron chi connectivity index (χ4n) is 4.10. The maximum Gasteiger partial charge on any atom is 0.316 e. The molecule has 1 saturated carbocycles. The molecule has 7 heteroatoms. The zero-order valence-electron chi connectivity index (χ0n) is 13.9. The summed E-state index contributed by atoms with van der Waals surface area (Å²) in [6.07, 6.45) is 11.0. The van der Waals surface area contributed by atoms with Gasteiger partial charge in [0.2, 0.25) is 0 Å². The number of thiazole rings is 1. The lowest BCUT2D eigenvalue weighted by molar-refractivity contribution is 0.219. The van der Waals surface area contributed by atoms with Gasteiger partial charge in [0.15, 0.2) is 0 Å². The average Bonchev–Trinajstić information content (AvgIpc) is 3.29. The Labute approximate surface area is 145 Å². The number of urea groups is 1. The first-order valence-corrected chi connectivity index (χ1v) is 9.55. The number of nitrogens with one attached hydrogen (secondary N) is 2. The molecule has 2 heterocycles. The van der Waals surface area contributed by atoms with E-state index in [-0.39, 0.29) is 17.6 Å². The second-order valence-corrected chi connectivity index (χ2v) is 7.73. The lowest BCUT2D eigenvalue weighted by Gasteiger charge is -2.30. The Morgan fingerprint density at radius 2 is 2.21 bits per heavy atom. The molecule has 1 atom stereocenters. The van der Waals surface area contributed by atoms with Gasteiger partial charge in [0, 0.05) is 29.9 Å². The van der Waals surface area contributed by atoms with Crippen molar-refractivity contribution in [3.63, 3.8) is 0 Å². The summed E-state index contributed by atoms with van der Waals surface area (Å²) in [4.78, 5) is 17.2. The number of fused-ring (bicyclic) bond motifs is 1. The Hall–Kier alpha value is -1.89. The highest BCUT2D eigenvalue weighted by molar-refractivity contribution is 7.09. The number of aromatic nitrogens is 3. The van der Waals surface area contributed by atoms with Gasteiger partial charge < -0.3 is 10.6 Å². The van der Waals surface area contributed by atoms with Crippen molar-refractivity contribution in [1.82, 2.24) is 25.4 Å². The molecule has 2 aromatic rings. The van der Waals surface area contributed by atoms with E-state index < -0.39 is 0 Å². The summed E-state index contributed by atoms with van der Waals surface area (Å²) < 4.78 is 1.93. The van der Waals surface area contributed by atoms with Gasteiger partial charge in [0.25, 0.3) is 0 Å². The summed E-state index contributed by atoms with van der Waals surface area (Å²) in [5.41, 5.74) is 2.11. The Balaban J connectivity index is 1.49. The van der Waals surface area contributed by atoms with Crippen LogP contribution >= 0.6 is 11.3 Å². The molecule has 0 aliphatic heterocycles. The van der Waals surface area contributed by atoms with E-state index in [2.05, 4.69) is 20.7 Å². The molecule has 0 aromatic carbocycles. The highest BCUT2D eigenvalue weighted by Gasteiger charge is 2.39. The van der Waals surface area contributed by atoms with Gasteiger partial charge in [-0.05, 0) is 32.1 Å². The lowest BCUT2D eigenvalue weighted by atomic mass is 9.93. The molecule has 0 radical (unpaired) electrons. The van der Waals surface area contributed by atoms with Crippen LogP contribution in [-0.2, 0) is 19.0 Å². The standard InChI is InChI=1S/C17H23N5OS/c1-22-14-6-4-5-13(12(14)11-19-22)20-16(23)21-17(7-2-3-8-17)15-18-9-10-24-15/h9-11,13H,2-8H2,1H3,(H2,20,21,23). The predicted molar refractivity (Wildman–Crippen MR) is 92.8 cm³/mol. The van der Waals surface area contributed by atoms with E-state index in [9.17, 15) is 4.79 Å². The summed E-state index contributed by atoms with van der Waals surface area (Å²) >= 11 is 1.63. The molecule has 1 unspecified atom stereocenters. The maximum atomic E-state index is 12.7. The largest absolute Gasteiger partial charge is 0.331 e. The van der Waals surface area contributed by atoms with Crippen LogP contribution in [0.25, 0.3) is 0 Å². The van der Waals surface area contributed by atoms with Crippen LogP contribution in [0.3, 0.4) is 0 Å². The number of amides is 2. The van der Waals surface area contributed by atoms with E-state index in [0.717, 1.165) is 55.5 Å². The Morgan fingerprint density at radius 3 is 2.96 bits per heavy atom. The van der Waals surface area contributed by atoms with Crippen molar-refractivity contribution in [3.05, 3.63) is 34.0 Å². The van der Waals surface area contributed by atoms with Crippen molar-refractivity contribution in [2.24, 2.45) is 7.05 Å². The fourth-order valence-corrected chi connectivity index (χ4v) is 4.95. The first kappa shape index (κ1) is 15.6. The van der Waals surface area contributed by atoms with Crippen LogP contribution in [0.1, 0.15) is 60.8 Å². The molecule has 6 nitrogen and oxygen atoms in total. The fraction of sp³-hybridized carbons (Fsp3) is 0.588. The molecular weight excluding hydrogens is 322 g/mol. The summed E-state index contributed by atoms with van der Waals surface area (Å²) in [7, 11) is 1.97. The van der Waals surface area contributed by atoms with Crippen LogP contribution in [-0.4, -0.2) is 20.8 Å². The van der Waals surface area contributed by atoms with E-state index >= 15 is 0 Å². The summed E-state index contributed by atoms with van der Waals surface area (Å²) in [5.74, 6) is 0. The van der Waals surface area contributed by atoms with Crippen molar-refractivity contribution in [1.29, 1.82) is 0 Å². The third-order valence-electron chi connectivity index (χ3n) is 5.33. The van der Waals surface area contributed by atoms with Crippen LogP contribution in [0.2, 0.25) is 0 Å². The number of carbonyl (C=O) groups excluding carboxylic acids is 1. The molecule has 24 heavy (non-hydrogen) atoms. The third-order valence-corrected chi connectivity index (χ3v) is 6.31. The highest BCUT2D eigenvalue weighted by Crippen LogP contribution is 2.39. The van der Waals surface area contributed by atoms with Gasteiger partial charge in [0.05, 0.1) is 17.8 Å². The molecule has 1 fully saturated rings. The number of nitrogens with zero attached hydrogens (tertiary/aromatic N) is 3. The average molecular weight is 345 g/mol. The molecule has 0 saturated heterocycles. The van der Waals surface area contributed by atoms with Gasteiger partial charge in [-0.25, -0.2) is 9.78 Å². The Morgan fingerprint density at radius 1 is 1.38 bits per heavy atom. The molecule has 0 spiro atoms. The molecule has 2 N–H and O–H groups in total. The SMILES string of the molecule is Cn1ncc2c1CCCC2NC(=O)NC1(c2nccs2)CCCC1. The van der Waals surface area contributed by atoms with E-state index in [4.69, 9.17) is 0 Å². The number of rotatable bonds is 3. The molecular formula is C17H23N5OS. The molecule has 128 valence electrons. The summed E-state index contributed by atoms with van der Waals surface area (Å²) in [5, 5.41) is 13.8. The van der Waals surface area contributed by atoms with Gasteiger partial charge in [-0.2, -0.15) is 5.10 Å². The quantitative estimate of drug-likeness (QED) is 0.898. The van der Waals surface area contributed by atoms with E-state index in [1.54, 1.807) is 11.3 Å². The molecule has 4 rings (SSSR count). The summed E-state index contributed by atoms with van der Waals surface area (Å²) in [6, 6.07) is -0.0361. The molecule has 2 amide bonds. The van der Waals surface area contributed by atoms with Gasteiger partial charge in [-0.3, -0.25) is 4.68 Å². The third kappa shape index (κ3) is 2.70. The first-order chi connectivity index (χ1) is 11.7. The Bertz CT molecular complexity index is 717. The monoisotopic (exact) mass is 345 g/mol. The van der Waals surface area contributed by atoms with Crippen molar-refractivity contribution in [3.8, 4) is 0 Å². The lowest BCUT2D eigenvalue weighted by Crippen LogP contribution is -2.49. The van der Waals surface area contributed by atoms with Gasteiger partial charge in [-0.1, -0.05) is 12.8 Å². The minimum Gasteiger partial charge on any atom is -0.331 e. The first-order valence-electron chi connectivity index (χ1n) is 8.67. The zero-order chi connectivity index (χ0) is 16.6. The number of aryl methyl sites for hydroxylation is 1. The predicted octanol–water partition coefficient (Wildman–Crippen LogP) is 3.02. The minimum absolute atomic E-state index is 0.0530. The second-order valence-electron chi connectivity index (χ2n) is 6.84. The Kier molecular flexibility index (Phi) is 4.04. The molecule has 2 aliphatic carbocycles. The van der Waals surface area contributed by atoms with Gasteiger partial charge in [-0.15, -0.1) is 11.3 Å². The van der Waals surface area contributed by atoms with E-state index in [1.807, 2.05) is 29.5 Å². The van der Waals surface area contributed by atoms with E-state index in [0.29, 0.717) is 0 Å².